The number of unbranched alkanes of at least 4 members (excludes halogenated alkanes) is 2. The summed E-state index contributed by atoms with van der Waals surface area (Å²) in [5.74, 6) is -1.98. The normalized spacial score (nSPS) is 19.3. The number of nitrogens with zero attached hydrogens (tertiary/aromatic N) is 1. The summed E-state index contributed by atoms with van der Waals surface area (Å²) in [6.07, 6.45) is 5.30. The van der Waals surface area contributed by atoms with Crippen LogP contribution in [0.15, 0.2) is 0 Å². The number of hydrogen-bond acceptors (Lipinski definition) is 6. The number of ketones is 1. The van der Waals surface area contributed by atoms with Crippen LogP contribution in [0.3, 0.4) is 0 Å². The van der Waals surface area contributed by atoms with Crippen LogP contribution < -0.4 is 16.2 Å². The number of hydrazine groups is 1. The molecule has 1 unspecified atom stereocenters. The Kier molecular flexibility index (Phi) is 12.3. The van der Waals surface area contributed by atoms with Gasteiger partial charge in [-0.2, -0.15) is 0 Å². The van der Waals surface area contributed by atoms with Crippen molar-refractivity contribution in [1.82, 2.24) is 21.2 Å². The molecule has 0 spiro atoms. The summed E-state index contributed by atoms with van der Waals surface area (Å²) >= 11 is 0. The van der Waals surface area contributed by atoms with Gasteiger partial charge in [0.2, 0.25) is 17.7 Å². The predicted octanol–water partition coefficient (Wildman–Crippen LogP) is 2.08. The molecule has 3 amide bonds. The van der Waals surface area contributed by atoms with E-state index in [1.54, 1.807) is 12.4 Å². The van der Waals surface area contributed by atoms with E-state index >= 15 is 0 Å². The Morgan fingerprint density at radius 1 is 1.16 bits per heavy atom. The summed E-state index contributed by atoms with van der Waals surface area (Å²) in [5.41, 5.74) is 4.61. The average Bonchev–Trinajstić information content (AvgIpc) is 2.80. The van der Waals surface area contributed by atoms with Crippen molar-refractivity contribution >= 4 is 23.5 Å². The van der Waals surface area contributed by atoms with Gasteiger partial charge in [-0.25, -0.2) is 10.9 Å². The van der Waals surface area contributed by atoms with Gasteiger partial charge in [0.25, 0.3) is 0 Å². The highest BCUT2D eigenvalue weighted by molar-refractivity contribution is 5.93. The molecule has 1 fully saturated rings. The number of amides is 3. The molecule has 0 saturated carbocycles. The Morgan fingerprint density at radius 2 is 1.87 bits per heavy atom. The molecule has 0 aromatic heterocycles. The van der Waals surface area contributed by atoms with Gasteiger partial charge >= 0.3 is 0 Å². The van der Waals surface area contributed by atoms with E-state index in [2.05, 4.69) is 17.7 Å². The van der Waals surface area contributed by atoms with Crippen LogP contribution in [-0.2, 0) is 19.2 Å². The number of carbonyl (C=O) groups is 4. The van der Waals surface area contributed by atoms with E-state index in [0.717, 1.165) is 32.1 Å². The van der Waals surface area contributed by atoms with E-state index < -0.39 is 23.9 Å². The van der Waals surface area contributed by atoms with Crippen molar-refractivity contribution in [2.75, 3.05) is 6.54 Å². The van der Waals surface area contributed by atoms with E-state index in [9.17, 15) is 19.2 Å². The van der Waals surface area contributed by atoms with Crippen LogP contribution >= 0.6 is 0 Å². The summed E-state index contributed by atoms with van der Waals surface area (Å²) in [5, 5.41) is 13.1. The number of hydrogen-bond donors (Lipinski definition) is 4. The molecule has 0 aliphatic carbocycles. The van der Waals surface area contributed by atoms with E-state index in [1.165, 1.54) is 5.01 Å². The third-order valence-corrected chi connectivity index (χ3v) is 6.06. The minimum Gasteiger partial charge on any atom is -0.344 e. The molecule has 178 valence electrons. The first-order valence-electron chi connectivity index (χ1n) is 11.6. The SMILES string of the molecule is CCCCC[C@H](CC(=O)NO)C(=O)N1NCCC[C@H]1C(=O)N[C@H](C(=O)CC)C(C)CC. The van der Waals surface area contributed by atoms with Gasteiger partial charge in [-0.1, -0.05) is 53.4 Å². The topological polar surface area (TPSA) is 128 Å². The molecule has 1 heterocycles. The van der Waals surface area contributed by atoms with Gasteiger partial charge in [-0.3, -0.25) is 29.4 Å². The van der Waals surface area contributed by atoms with E-state index in [0.29, 0.717) is 25.8 Å². The van der Waals surface area contributed by atoms with E-state index in [4.69, 9.17) is 5.21 Å². The third kappa shape index (κ3) is 8.22. The lowest BCUT2D eigenvalue weighted by atomic mass is 9.93. The summed E-state index contributed by atoms with van der Waals surface area (Å²) in [7, 11) is 0. The van der Waals surface area contributed by atoms with Crippen LogP contribution in [0.1, 0.15) is 85.5 Å². The minimum atomic E-state index is -0.747. The number of rotatable bonds is 13. The van der Waals surface area contributed by atoms with Crippen LogP contribution in [0.4, 0.5) is 0 Å². The second-order valence-corrected chi connectivity index (χ2v) is 8.40. The van der Waals surface area contributed by atoms with Crippen LogP contribution in [0.5, 0.6) is 0 Å². The Bertz CT molecular complexity index is 613. The van der Waals surface area contributed by atoms with Gasteiger partial charge in [0.05, 0.1) is 6.04 Å². The van der Waals surface area contributed by atoms with Crippen molar-refractivity contribution in [3.05, 3.63) is 0 Å². The third-order valence-electron chi connectivity index (χ3n) is 6.06. The van der Waals surface area contributed by atoms with Crippen molar-refractivity contribution < 1.29 is 24.4 Å². The highest BCUT2D eigenvalue weighted by Gasteiger charge is 2.38. The Balaban J connectivity index is 3.00. The maximum Gasteiger partial charge on any atom is 0.245 e. The van der Waals surface area contributed by atoms with Gasteiger partial charge < -0.3 is 5.32 Å². The molecule has 31 heavy (non-hydrogen) atoms. The molecule has 1 aliphatic heterocycles. The Hall–Kier alpha value is -2.00. The summed E-state index contributed by atoms with van der Waals surface area (Å²) < 4.78 is 0. The Morgan fingerprint density at radius 3 is 2.45 bits per heavy atom. The molecule has 0 aromatic carbocycles. The fourth-order valence-electron chi connectivity index (χ4n) is 3.88. The zero-order valence-electron chi connectivity index (χ0n) is 19.4. The van der Waals surface area contributed by atoms with Crippen molar-refractivity contribution in [3.8, 4) is 0 Å². The molecule has 1 aliphatic rings. The average molecular weight is 441 g/mol. The maximum absolute atomic E-state index is 13.3. The summed E-state index contributed by atoms with van der Waals surface area (Å²) in [4.78, 5) is 50.5. The van der Waals surface area contributed by atoms with Crippen molar-refractivity contribution in [1.29, 1.82) is 0 Å². The molecule has 0 bridgehead atoms. The largest absolute Gasteiger partial charge is 0.344 e. The fourth-order valence-corrected chi connectivity index (χ4v) is 3.88. The standard InChI is InChI=1S/C22H40N4O5/c1-5-8-9-11-16(14-19(28)25-31)22(30)26-17(12-10-13-23-26)21(29)24-20(15(4)6-2)18(27)7-3/h15-17,20,23,31H,5-14H2,1-4H3,(H,24,29)(H,25,28)/t15?,16-,17+,20+/m1/s1. The molecule has 9 heteroatoms. The van der Waals surface area contributed by atoms with Crippen LogP contribution in [0.2, 0.25) is 0 Å². The maximum atomic E-state index is 13.3. The van der Waals surface area contributed by atoms with E-state index in [-0.39, 0.29) is 29.9 Å². The van der Waals surface area contributed by atoms with Gasteiger partial charge in [-0.05, 0) is 25.2 Å². The van der Waals surface area contributed by atoms with Crippen LogP contribution in [0, 0.1) is 11.8 Å². The first-order valence-corrected chi connectivity index (χ1v) is 11.6. The second kappa shape index (κ2) is 14.1. The fraction of sp³-hybridized carbons (Fsp3) is 0.818. The minimum absolute atomic E-state index is 0.00727. The quantitative estimate of drug-likeness (QED) is 0.197. The van der Waals surface area contributed by atoms with Crippen molar-refractivity contribution in [2.24, 2.45) is 11.8 Å². The number of Topliss-reactive ketones (excluding diaryl/α,β-unsaturated/α-hetero) is 1. The lowest BCUT2D eigenvalue weighted by molar-refractivity contribution is -0.152. The molecule has 0 aromatic rings. The van der Waals surface area contributed by atoms with Gasteiger partial charge in [0.1, 0.15) is 6.04 Å². The monoisotopic (exact) mass is 440 g/mol. The van der Waals surface area contributed by atoms with Gasteiger partial charge in [-0.15, -0.1) is 0 Å². The zero-order valence-corrected chi connectivity index (χ0v) is 19.4. The first-order chi connectivity index (χ1) is 14.8. The smallest absolute Gasteiger partial charge is 0.245 e. The molecule has 4 atom stereocenters. The van der Waals surface area contributed by atoms with Gasteiger partial charge in [0, 0.05) is 25.3 Å². The van der Waals surface area contributed by atoms with Gasteiger partial charge in [0.15, 0.2) is 5.78 Å². The lowest BCUT2D eigenvalue weighted by Gasteiger charge is -2.38. The number of hydroxylamine groups is 1. The van der Waals surface area contributed by atoms with Crippen molar-refractivity contribution in [2.45, 2.75) is 97.6 Å². The summed E-state index contributed by atoms with van der Waals surface area (Å²) in [6, 6.07) is -1.33. The van der Waals surface area contributed by atoms with Crippen LogP contribution in [0.25, 0.3) is 0 Å². The van der Waals surface area contributed by atoms with Crippen LogP contribution in [-0.4, -0.2) is 52.3 Å². The molecule has 9 nitrogen and oxygen atoms in total. The summed E-state index contributed by atoms with van der Waals surface area (Å²) in [6.45, 7) is 8.27. The molecule has 1 saturated heterocycles. The molecular formula is C22H40N4O5. The molecular weight excluding hydrogens is 400 g/mol. The molecule has 0 radical (unpaired) electrons. The molecule has 4 N–H and O–H groups in total. The zero-order chi connectivity index (χ0) is 23.4. The molecule has 1 rings (SSSR count). The first kappa shape index (κ1) is 27.0. The highest BCUT2D eigenvalue weighted by atomic mass is 16.5. The number of carbonyl (C=O) groups excluding carboxylic acids is 4. The van der Waals surface area contributed by atoms with Crippen molar-refractivity contribution in [3.63, 3.8) is 0 Å². The Labute approximate surface area is 185 Å². The van der Waals surface area contributed by atoms with E-state index in [1.807, 2.05) is 13.8 Å². The lowest BCUT2D eigenvalue weighted by Crippen LogP contribution is -2.62. The number of nitrogens with one attached hydrogen (secondary N) is 3. The predicted molar refractivity (Wildman–Crippen MR) is 117 cm³/mol. The highest BCUT2D eigenvalue weighted by Crippen LogP contribution is 2.21. The second-order valence-electron chi connectivity index (χ2n) is 8.40.